The van der Waals surface area contributed by atoms with E-state index in [1.54, 1.807) is 0 Å². The summed E-state index contributed by atoms with van der Waals surface area (Å²) in [5.41, 5.74) is 2.77. The first-order valence-corrected chi connectivity index (χ1v) is 3.89. The van der Waals surface area contributed by atoms with Crippen LogP contribution in [-0.4, -0.2) is 25.2 Å². The lowest BCUT2D eigenvalue weighted by atomic mass is 10.4. The van der Waals surface area contributed by atoms with Gasteiger partial charge in [-0.15, -0.1) is 0 Å². The topological polar surface area (TPSA) is 36.4 Å². The molecule has 0 rings (SSSR count). The van der Waals surface area contributed by atoms with Gasteiger partial charge in [0, 0.05) is 18.6 Å². The molecule has 10 heavy (non-hydrogen) atoms. The molecule has 3 nitrogen and oxygen atoms in total. The summed E-state index contributed by atoms with van der Waals surface area (Å²) < 4.78 is 0. The van der Waals surface area contributed by atoms with E-state index in [0.29, 0.717) is 0 Å². The van der Waals surface area contributed by atoms with Crippen LogP contribution >= 0.6 is 12.6 Å². The number of hydrogen-bond acceptors (Lipinski definition) is 4. The smallest absolute Gasteiger partial charge is 0.0473 e. The largest absolute Gasteiger partial charge is 0.311 e. The standard InChI is InChI=1S/C6H15N3S/c1-6(10)8-4-3-5-9-7-2/h6,8-10H,2-5H2,1H3. The van der Waals surface area contributed by atoms with E-state index in [2.05, 4.69) is 35.2 Å². The Kier molecular flexibility index (Phi) is 6.74. The molecule has 60 valence electrons. The van der Waals surface area contributed by atoms with E-state index in [-0.39, 0.29) is 5.37 Å². The highest BCUT2D eigenvalue weighted by atomic mass is 32.1. The van der Waals surface area contributed by atoms with Gasteiger partial charge in [-0.2, -0.15) is 17.7 Å². The Labute approximate surface area is 67.7 Å². The van der Waals surface area contributed by atoms with Crippen molar-refractivity contribution in [3.05, 3.63) is 0 Å². The van der Waals surface area contributed by atoms with Crippen LogP contribution in [0.2, 0.25) is 0 Å². The fraction of sp³-hybridized carbons (Fsp3) is 0.833. The van der Waals surface area contributed by atoms with Crippen LogP contribution < -0.4 is 10.7 Å². The molecule has 0 radical (unpaired) electrons. The van der Waals surface area contributed by atoms with Crippen LogP contribution in [-0.2, 0) is 0 Å². The molecular weight excluding hydrogens is 146 g/mol. The number of rotatable bonds is 6. The van der Waals surface area contributed by atoms with Crippen molar-refractivity contribution in [2.75, 3.05) is 13.1 Å². The second kappa shape index (κ2) is 6.89. The fourth-order valence-corrected chi connectivity index (χ4v) is 0.687. The van der Waals surface area contributed by atoms with E-state index in [1.807, 2.05) is 6.92 Å². The third kappa shape index (κ3) is 7.78. The third-order valence-electron chi connectivity index (χ3n) is 1.02. The van der Waals surface area contributed by atoms with E-state index < -0.39 is 0 Å². The molecular formula is C6H15N3S. The number of nitrogens with zero attached hydrogens (tertiary/aromatic N) is 1. The molecule has 4 heteroatoms. The van der Waals surface area contributed by atoms with Crippen LogP contribution in [0.5, 0.6) is 0 Å². The SMILES string of the molecule is C=NNCCCNC(C)S. The minimum atomic E-state index is 0.275. The Morgan fingerprint density at radius 2 is 2.30 bits per heavy atom. The van der Waals surface area contributed by atoms with Gasteiger partial charge in [-0.25, -0.2) is 0 Å². The van der Waals surface area contributed by atoms with Gasteiger partial charge in [0.2, 0.25) is 0 Å². The molecule has 0 saturated heterocycles. The first-order chi connectivity index (χ1) is 4.77. The van der Waals surface area contributed by atoms with Gasteiger partial charge in [0.1, 0.15) is 0 Å². The summed E-state index contributed by atoms with van der Waals surface area (Å²) in [6.45, 7) is 7.14. The van der Waals surface area contributed by atoms with E-state index in [9.17, 15) is 0 Å². The van der Waals surface area contributed by atoms with Gasteiger partial charge < -0.3 is 10.7 Å². The first kappa shape index (κ1) is 9.78. The minimum Gasteiger partial charge on any atom is -0.311 e. The van der Waals surface area contributed by atoms with Crippen molar-refractivity contribution >= 4 is 19.3 Å². The highest BCUT2D eigenvalue weighted by molar-refractivity contribution is 7.80. The van der Waals surface area contributed by atoms with Gasteiger partial charge in [0.05, 0.1) is 0 Å². The Balaban J connectivity index is 2.83. The number of thiol groups is 1. The zero-order valence-electron chi connectivity index (χ0n) is 6.30. The van der Waals surface area contributed by atoms with E-state index in [4.69, 9.17) is 0 Å². The van der Waals surface area contributed by atoms with Crippen LogP contribution in [0.15, 0.2) is 5.10 Å². The summed E-state index contributed by atoms with van der Waals surface area (Å²) in [4.78, 5) is 0. The molecule has 0 aromatic rings. The molecule has 0 saturated carbocycles. The molecule has 0 bridgehead atoms. The van der Waals surface area contributed by atoms with E-state index >= 15 is 0 Å². The quantitative estimate of drug-likeness (QED) is 0.174. The molecule has 0 aromatic heterocycles. The van der Waals surface area contributed by atoms with Crippen molar-refractivity contribution in [3.63, 3.8) is 0 Å². The highest BCUT2D eigenvalue weighted by Gasteiger charge is 1.90. The van der Waals surface area contributed by atoms with Crippen molar-refractivity contribution in [1.82, 2.24) is 10.7 Å². The van der Waals surface area contributed by atoms with Crippen molar-refractivity contribution in [3.8, 4) is 0 Å². The molecule has 0 spiro atoms. The first-order valence-electron chi connectivity index (χ1n) is 3.37. The summed E-state index contributed by atoms with van der Waals surface area (Å²) >= 11 is 4.16. The Morgan fingerprint density at radius 1 is 1.60 bits per heavy atom. The molecule has 1 atom stereocenters. The summed E-state index contributed by atoms with van der Waals surface area (Å²) in [6.07, 6.45) is 1.05. The Bertz CT molecular complexity index is 85.1. The number of hydrogen-bond donors (Lipinski definition) is 3. The minimum absolute atomic E-state index is 0.275. The lowest BCUT2D eigenvalue weighted by molar-refractivity contribution is 0.610. The lowest BCUT2D eigenvalue weighted by Crippen LogP contribution is -2.24. The molecule has 0 fully saturated rings. The van der Waals surface area contributed by atoms with Crippen molar-refractivity contribution in [2.45, 2.75) is 18.7 Å². The lowest BCUT2D eigenvalue weighted by Gasteiger charge is -2.05. The second-order valence-corrected chi connectivity index (χ2v) is 2.82. The van der Waals surface area contributed by atoms with E-state index in [0.717, 1.165) is 19.5 Å². The van der Waals surface area contributed by atoms with Crippen molar-refractivity contribution in [1.29, 1.82) is 0 Å². The Morgan fingerprint density at radius 3 is 2.80 bits per heavy atom. The summed E-state index contributed by atoms with van der Waals surface area (Å²) in [7, 11) is 0. The maximum atomic E-state index is 4.16. The normalized spacial score (nSPS) is 12.6. The van der Waals surface area contributed by atoms with Gasteiger partial charge in [-0.3, -0.25) is 0 Å². The van der Waals surface area contributed by atoms with Crippen LogP contribution in [0.25, 0.3) is 0 Å². The third-order valence-corrected chi connectivity index (χ3v) is 1.20. The molecule has 1 unspecified atom stereocenters. The summed E-state index contributed by atoms with van der Waals surface area (Å²) in [5, 5.41) is 6.95. The highest BCUT2D eigenvalue weighted by Crippen LogP contribution is 1.85. The Hall–Kier alpha value is -0.220. The number of nitrogens with one attached hydrogen (secondary N) is 2. The number of hydrazone groups is 1. The zero-order chi connectivity index (χ0) is 7.82. The molecule has 0 amide bonds. The van der Waals surface area contributed by atoms with Crippen molar-refractivity contribution in [2.24, 2.45) is 5.10 Å². The maximum absolute atomic E-state index is 4.16. The summed E-state index contributed by atoms with van der Waals surface area (Å²) in [6, 6.07) is 0. The predicted octanol–water partition coefficient (Wildman–Crippen LogP) is 0.447. The van der Waals surface area contributed by atoms with Crippen molar-refractivity contribution < 1.29 is 0 Å². The van der Waals surface area contributed by atoms with Crippen LogP contribution in [0.3, 0.4) is 0 Å². The maximum Gasteiger partial charge on any atom is 0.0473 e. The monoisotopic (exact) mass is 161 g/mol. The van der Waals surface area contributed by atoms with Gasteiger partial charge in [-0.05, 0) is 19.9 Å². The molecule has 0 heterocycles. The molecule has 0 aliphatic carbocycles. The van der Waals surface area contributed by atoms with Crippen LogP contribution in [0.1, 0.15) is 13.3 Å². The predicted molar refractivity (Wildman–Crippen MR) is 48.6 cm³/mol. The van der Waals surface area contributed by atoms with Gasteiger partial charge in [0.15, 0.2) is 0 Å². The molecule has 0 aliphatic heterocycles. The van der Waals surface area contributed by atoms with Crippen LogP contribution in [0, 0.1) is 0 Å². The van der Waals surface area contributed by atoms with Gasteiger partial charge in [0.25, 0.3) is 0 Å². The fourth-order valence-electron chi connectivity index (χ4n) is 0.557. The molecule has 0 aliphatic rings. The van der Waals surface area contributed by atoms with Gasteiger partial charge >= 0.3 is 0 Å². The van der Waals surface area contributed by atoms with Crippen LogP contribution in [0.4, 0.5) is 0 Å². The zero-order valence-corrected chi connectivity index (χ0v) is 7.19. The molecule has 0 aromatic carbocycles. The second-order valence-electron chi connectivity index (χ2n) is 2.05. The summed E-state index contributed by atoms with van der Waals surface area (Å²) in [5.74, 6) is 0. The molecule has 2 N–H and O–H groups in total. The van der Waals surface area contributed by atoms with Gasteiger partial charge in [-0.1, -0.05) is 0 Å². The average molecular weight is 161 g/mol. The van der Waals surface area contributed by atoms with E-state index in [1.165, 1.54) is 0 Å². The average Bonchev–Trinajstić information content (AvgIpc) is 1.87.